The second kappa shape index (κ2) is 9.00. The maximum atomic E-state index is 12.6. The Morgan fingerprint density at radius 2 is 1.67 bits per heavy atom. The van der Waals surface area contributed by atoms with Crippen LogP contribution in [0, 0.1) is 13.8 Å². The Bertz CT molecular complexity index is 1160. The number of hydrogen-bond acceptors (Lipinski definition) is 4. The minimum atomic E-state index is -3.74. The zero-order valence-corrected chi connectivity index (χ0v) is 17.9. The van der Waals surface area contributed by atoms with Gasteiger partial charge in [-0.25, -0.2) is 8.42 Å². The number of hydrogen-bond donors (Lipinski definition) is 2. The lowest BCUT2D eigenvalue weighted by Gasteiger charge is -2.11. The number of nitrogens with one attached hydrogen (secondary N) is 2. The van der Waals surface area contributed by atoms with E-state index in [1.54, 1.807) is 19.2 Å². The quantitative estimate of drug-likeness (QED) is 0.599. The van der Waals surface area contributed by atoms with Crippen molar-refractivity contribution in [3.8, 4) is 5.75 Å². The zero-order valence-electron chi connectivity index (χ0n) is 17.1. The van der Waals surface area contributed by atoms with E-state index in [9.17, 15) is 13.2 Å². The average Bonchev–Trinajstić information content (AvgIpc) is 2.74. The number of sulfonamides is 1. The van der Waals surface area contributed by atoms with Gasteiger partial charge in [-0.15, -0.1) is 0 Å². The Kier molecular flexibility index (Phi) is 6.42. The van der Waals surface area contributed by atoms with E-state index in [1.165, 1.54) is 24.3 Å². The first-order valence-corrected chi connectivity index (χ1v) is 10.9. The molecule has 3 rings (SSSR count). The topological polar surface area (TPSA) is 84.5 Å². The number of carbonyl (C=O) groups is 1. The first-order chi connectivity index (χ1) is 14.3. The standard InChI is InChI=1S/C23H24N2O4S/c1-16-7-10-20(13-17(16)2)25-30(27,28)22-11-8-19(9-12-22)23(26)24-15-18-5-4-6-21(14-18)29-3/h4-14,25H,15H2,1-3H3,(H,24,26). The van der Waals surface area contributed by atoms with Gasteiger partial charge in [0.2, 0.25) is 0 Å². The molecule has 1 amide bonds. The number of aryl methyl sites for hydroxylation is 2. The normalized spacial score (nSPS) is 11.0. The van der Waals surface area contributed by atoms with Crippen molar-refractivity contribution >= 4 is 21.6 Å². The van der Waals surface area contributed by atoms with Gasteiger partial charge in [-0.2, -0.15) is 0 Å². The van der Waals surface area contributed by atoms with Gasteiger partial charge < -0.3 is 10.1 Å². The number of ether oxygens (including phenoxy) is 1. The van der Waals surface area contributed by atoms with Crippen molar-refractivity contribution in [2.45, 2.75) is 25.3 Å². The molecular weight excluding hydrogens is 400 g/mol. The van der Waals surface area contributed by atoms with Gasteiger partial charge in [-0.05, 0) is 79.1 Å². The highest BCUT2D eigenvalue weighted by Gasteiger charge is 2.15. The van der Waals surface area contributed by atoms with E-state index in [1.807, 2.05) is 44.2 Å². The molecule has 0 unspecified atom stereocenters. The van der Waals surface area contributed by atoms with Crippen LogP contribution in [0.25, 0.3) is 0 Å². The molecule has 0 radical (unpaired) electrons. The van der Waals surface area contributed by atoms with Crippen molar-refractivity contribution in [2.24, 2.45) is 0 Å². The maximum absolute atomic E-state index is 12.6. The third kappa shape index (κ3) is 5.18. The summed E-state index contributed by atoms with van der Waals surface area (Å²) in [6, 6.07) is 18.6. The van der Waals surface area contributed by atoms with E-state index in [0.717, 1.165) is 16.7 Å². The summed E-state index contributed by atoms with van der Waals surface area (Å²) in [7, 11) is -2.16. The van der Waals surface area contributed by atoms with E-state index in [4.69, 9.17) is 4.74 Å². The number of anilines is 1. The van der Waals surface area contributed by atoms with Gasteiger partial charge in [-0.1, -0.05) is 18.2 Å². The van der Waals surface area contributed by atoms with Gasteiger partial charge in [0.1, 0.15) is 5.75 Å². The van der Waals surface area contributed by atoms with Crippen LogP contribution in [0.1, 0.15) is 27.0 Å². The first-order valence-electron chi connectivity index (χ1n) is 9.40. The smallest absolute Gasteiger partial charge is 0.261 e. The molecule has 0 aliphatic heterocycles. The number of methoxy groups -OCH3 is 1. The van der Waals surface area contributed by atoms with Crippen LogP contribution < -0.4 is 14.8 Å². The van der Waals surface area contributed by atoms with Crippen molar-refractivity contribution in [1.29, 1.82) is 0 Å². The molecule has 0 heterocycles. The number of benzene rings is 3. The van der Waals surface area contributed by atoms with Crippen LogP contribution in [-0.2, 0) is 16.6 Å². The van der Waals surface area contributed by atoms with E-state index in [2.05, 4.69) is 10.0 Å². The molecule has 0 bridgehead atoms. The largest absolute Gasteiger partial charge is 0.497 e. The Hall–Kier alpha value is -3.32. The lowest BCUT2D eigenvalue weighted by atomic mass is 10.1. The van der Waals surface area contributed by atoms with Gasteiger partial charge in [0.25, 0.3) is 15.9 Å². The van der Waals surface area contributed by atoms with Crippen LogP contribution in [0.2, 0.25) is 0 Å². The highest BCUT2D eigenvalue weighted by Crippen LogP contribution is 2.19. The van der Waals surface area contributed by atoms with Crippen LogP contribution in [-0.4, -0.2) is 21.4 Å². The fourth-order valence-corrected chi connectivity index (χ4v) is 3.92. The second-order valence-corrected chi connectivity index (χ2v) is 8.65. The average molecular weight is 425 g/mol. The summed E-state index contributed by atoms with van der Waals surface area (Å²) in [5, 5.41) is 2.82. The monoisotopic (exact) mass is 424 g/mol. The molecule has 156 valence electrons. The molecular formula is C23H24N2O4S. The molecule has 0 aliphatic rings. The van der Waals surface area contributed by atoms with Crippen LogP contribution in [0.4, 0.5) is 5.69 Å². The van der Waals surface area contributed by atoms with Gasteiger partial charge in [-0.3, -0.25) is 9.52 Å². The highest BCUT2D eigenvalue weighted by atomic mass is 32.2. The highest BCUT2D eigenvalue weighted by molar-refractivity contribution is 7.92. The second-order valence-electron chi connectivity index (χ2n) is 6.96. The van der Waals surface area contributed by atoms with Crippen molar-refractivity contribution in [1.82, 2.24) is 5.32 Å². The molecule has 0 aliphatic carbocycles. The minimum Gasteiger partial charge on any atom is -0.497 e. The fourth-order valence-electron chi connectivity index (χ4n) is 2.87. The first kappa shape index (κ1) is 21.4. The zero-order chi connectivity index (χ0) is 21.7. The fraction of sp³-hybridized carbons (Fsp3) is 0.174. The van der Waals surface area contributed by atoms with Crippen LogP contribution >= 0.6 is 0 Å². The molecule has 0 saturated carbocycles. The lowest BCUT2D eigenvalue weighted by molar-refractivity contribution is 0.0950. The summed E-state index contributed by atoms with van der Waals surface area (Å²) in [5.74, 6) is 0.427. The molecule has 0 atom stereocenters. The molecule has 6 nitrogen and oxygen atoms in total. The maximum Gasteiger partial charge on any atom is 0.261 e. The predicted octanol–water partition coefficient (Wildman–Crippen LogP) is 4.04. The molecule has 0 saturated heterocycles. The summed E-state index contributed by atoms with van der Waals surface area (Å²) in [6.07, 6.45) is 0. The van der Waals surface area contributed by atoms with Gasteiger partial charge in [0.15, 0.2) is 0 Å². The van der Waals surface area contributed by atoms with E-state index >= 15 is 0 Å². The van der Waals surface area contributed by atoms with Crippen molar-refractivity contribution in [2.75, 3.05) is 11.8 Å². The Morgan fingerprint density at radius 1 is 0.933 bits per heavy atom. The molecule has 0 fully saturated rings. The van der Waals surface area contributed by atoms with Crippen LogP contribution in [0.15, 0.2) is 71.6 Å². The number of rotatable bonds is 7. The van der Waals surface area contributed by atoms with Crippen molar-refractivity contribution in [3.05, 3.63) is 89.0 Å². The number of carbonyl (C=O) groups excluding carboxylic acids is 1. The molecule has 0 spiro atoms. The summed E-state index contributed by atoms with van der Waals surface area (Å²) in [4.78, 5) is 12.5. The van der Waals surface area contributed by atoms with Gasteiger partial charge in [0, 0.05) is 17.8 Å². The van der Waals surface area contributed by atoms with E-state index in [0.29, 0.717) is 23.5 Å². The van der Waals surface area contributed by atoms with E-state index in [-0.39, 0.29) is 10.8 Å². The summed E-state index contributed by atoms with van der Waals surface area (Å²) in [6.45, 7) is 4.22. The third-order valence-electron chi connectivity index (χ3n) is 4.77. The van der Waals surface area contributed by atoms with Crippen molar-refractivity contribution in [3.63, 3.8) is 0 Å². The molecule has 7 heteroatoms. The molecule has 0 aromatic heterocycles. The van der Waals surface area contributed by atoms with E-state index < -0.39 is 10.0 Å². The lowest BCUT2D eigenvalue weighted by Crippen LogP contribution is -2.23. The molecule has 3 aromatic carbocycles. The molecule has 3 aromatic rings. The summed E-state index contributed by atoms with van der Waals surface area (Å²) >= 11 is 0. The SMILES string of the molecule is COc1cccc(CNC(=O)c2ccc(S(=O)(=O)Nc3ccc(C)c(C)c3)cc2)c1. The predicted molar refractivity (Wildman–Crippen MR) is 117 cm³/mol. The number of amides is 1. The molecule has 30 heavy (non-hydrogen) atoms. The summed E-state index contributed by atoms with van der Waals surface area (Å²) in [5.41, 5.74) is 3.86. The van der Waals surface area contributed by atoms with Crippen LogP contribution in [0.3, 0.4) is 0 Å². The van der Waals surface area contributed by atoms with Crippen LogP contribution in [0.5, 0.6) is 5.75 Å². The van der Waals surface area contributed by atoms with Crippen molar-refractivity contribution < 1.29 is 17.9 Å². The molecule has 2 N–H and O–H groups in total. The van der Waals surface area contributed by atoms with Gasteiger partial charge >= 0.3 is 0 Å². The van der Waals surface area contributed by atoms with Gasteiger partial charge in [0.05, 0.1) is 12.0 Å². The third-order valence-corrected chi connectivity index (χ3v) is 6.17. The Balaban J connectivity index is 1.66. The minimum absolute atomic E-state index is 0.0880. The Morgan fingerprint density at radius 3 is 2.33 bits per heavy atom. The summed E-state index contributed by atoms with van der Waals surface area (Å²) < 4.78 is 33.0. The Labute approximate surface area is 177 Å².